The van der Waals surface area contributed by atoms with E-state index >= 15 is 8.78 Å². The molecule has 0 saturated heterocycles. The van der Waals surface area contributed by atoms with Crippen LogP contribution < -0.4 is 0 Å². The highest BCUT2D eigenvalue weighted by Gasteiger charge is 2.67. The van der Waals surface area contributed by atoms with Crippen LogP contribution in [0.25, 0.3) is 22.0 Å². The Morgan fingerprint density at radius 2 is 1.52 bits per heavy atom. The number of aryl methyl sites for hydroxylation is 3. The van der Waals surface area contributed by atoms with Gasteiger partial charge in [0.1, 0.15) is 58.0 Å². The Bertz CT molecular complexity index is 4120. The number of aliphatic imine (C=N–C) groups is 1. The van der Waals surface area contributed by atoms with E-state index in [2.05, 4.69) is 54.9 Å². The minimum atomic E-state index is -3.57. The number of terminal acetylenes is 2. The van der Waals surface area contributed by atoms with Gasteiger partial charge in [0, 0.05) is 110 Å². The van der Waals surface area contributed by atoms with E-state index in [4.69, 9.17) is 35.5 Å². The molecule has 2 aromatic carbocycles. The first kappa shape index (κ1) is 68.2. The molecule has 0 bridgehead atoms. The minimum Gasteiger partial charge on any atom is -0.447 e. The van der Waals surface area contributed by atoms with Gasteiger partial charge in [0.2, 0.25) is 0 Å². The average molecular weight is 1270 g/mol. The van der Waals surface area contributed by atoms with E-state index in [0.29, 0.717) is 38.6 Å². The molecule has 0 spiro atoms. The molecule has 1 aliphatic heterocycles. The molecular weight excluding hydrogens is 1200 g/mol. The summed E-state index contributed by atoms with van der Waals surface area (Å²) in [5.74, 6) is 3.37. The highest BCUT2D eigenvalue weighted by atomic mass is 35.5. The van der Waals surface area contributed by atoms with Crippen LogP contribution in [0, 0.1) is 67.9 Å². The van der Waals surface area contributed by atoms with Crippen molar-refractivity contribution >= 4 is 49.8 Å². The fraction of sp³-hybridized carbons (Fsp3) is 0.415. The molecule has 10 rings (SSSR count). The van der Waals surface area contributed by atoms with Gasteiger partial charge in [-0.15, -0.1) is 12.8 Å². The maximum atomic E-state index is 15.5. The number of sulfone groups is 1. The molecule has 1 fully saturated rings. The number of ether oxygens (including phenoxy) is 1. The van der Waals surface area contributed by atoms with Gasteiger partial charge in [-0.2, -0.15) is 19.0 Å². The molecule has 0 amide bonds. The highest BCUT2D eigenvalue weighted by Crippen LogP contribution is 2.68. The number of esters is 1. The third-order valence-electron chi connectivity index (χ3n) is 14.6. The number of ketones is 1. The number of fused-ring (bicyclic) bond motifs is 4. The van der Waals surface area contributed by atoms with Crippen LogP contribution in [0.4, 0.5) is 30.7 Å². The van der Waals surface area contributed by atoms with Crippen molar-refractivity contribution in [3.8, 4) is 47.7 Å². The predicted octanol–water partition coefficient (Wildman–Crippen LogP) is 13.2. The molecule has 0 N–H and O–H groups in total. The van der Waals surface area contributed by atoms with Crippen LogP contribution in [0.3, 0.4) is 0 Å². The summed E-state index contributed by atoms with van der Waals surface area (Å²) >= 11 is 6.69. The van der Waals surface area contributed by atoms with Crippen LogP contribution in [0.15, 0.2) is 84.5 Å². The molecule has 472 valence electrons. The maximum absolute atomic E-state index is 15.5. The Morgan fingerprint density at radius 1 is 0.910 bits per heavy atom. The number of carbonyl (C=O) groups is 2. The van der Waals surface area contributed by atoms with E-state index in [1.807, 2.05) is 70.0 Å². The SMILES string of the molecule is C#CC(C)(C)OC(C)=O.C#CC(C)(C)n1ccnc1C.CC1=NC=CC1.Cc1nccn1C(C)(C)C#Cc1ccc(-c2ccc(Cl)c3c(CS(C)(=O)=O)nn(C)c23)c([C@@H](CC(=O)Cn2nc(C(F)F)c3c2C(F)(F)[C@@H]2C[C@H]32)Cc2cc(F)cc(F)c2)n1.[2H]CF. The number of rotatable bonds is 14. The number of allylic oxidation sites excluding steroid dienone is 1. The first-order valence-electron chi connectivity index (χ1n) is 28.5. The van der Waals surface area contributed by atoms with Crippen molar-refractivity contribution in [2.45, 2.75) is 148 Å². The molecular formula is C65H70ClF7N10O5S. The largest absolute Gasteiger partial charge is 0.447 e. The normalized spacial score (nSPS) is 15.7. The van der Waals surface area contributed by atoms with Gasteiger partial charge in [-0.05, 0) is 123 Å². The number of aromatic nitrogens is 9. The maximum Gasteiger partial charge on any atom is 0.304 e. The van der Waals surface area contributed by atoms with Crippen LogP contribution in [-0.4, -0.2) is 88.5 Å². The molecule has 1 saturated carbocycles. The topological polar surface area (TPSA) is 174 Å². The van der Waals surface area contributed by atoms with Gasteiger partial charge in [0.05, 0.1) is 36.2 Å². The van der Waals surface area contributed by atoms with Crippen molar-refractivity contribution in [1.82, 2.24) is 43.6 Å². The number of halogens is 8. The number of hydrogen-bond acceptors (Lipinski definition) is 11. The van der Waals surface area contributed by atoms with Gasteiger partial charge >= 0.3 is 5.97 Å². The molecule has 24 heteroatoms. The average Bonchev–Trinajstić information content (AvgIpc) is 1.52. The predicted molar refractivity (Wildman–Crippen MR) is 329 cm³/mol. The van der Waals surface area contributed by atoms with Crippen LogP contribution in [-0.2, 0) is 66.9 Å². The Morgan fingerprint density at radius 3 is 2.01 bits per heavy atom. The van der Waals surface area contributed by atoms with Crippen LogP contribution in [0.5, 0.6) is 0 Å². The van der Waals surface area contributed by atoms with E-state index in [9.17, 15) is 40.0 Å². The Balaban J connectivity index is 0.000000363. The number of alkyl halides is 5. The number of imidazole rings is 2. The number of Topliss-reactive ketones (excluding diaryl/α,β-unsaturated/α-hetero) is 1. The van der Waals surface area contributed by atoms with Crippen LogP contribution in [0.1, 0.15) is 146 Å². The van der Waals surface area contributed by atoms with Crippen molar-refractivity contribution in [2.75, 3.05) is 13.4 Å². The molecule has 3 atom stereocenters. The molecule has 2 aliphatic carbocycles. The minimum absolute atomic E-state index is 0.0444. The lowest BCUT2D eigenvalue weighted by atomic mass is 9.86. The zero-order valence-corrected chi connectivity index (χ0v) is 52.9. The van der Waals surface area contributed by atoms with Crippen molar-refractivity contribution in [2.24, 2.45) is 18.0 Å². The summed E-state index contributed by atoms with van der Waals surface area (Å²) in [5, 5.41) is 8.88. The second-order valence-electron chi connectivity index (χ2n) is 23.1. The first-order chi connectivity index (χ1) is 42.0. The van der Waals surface area contributed by atoms with Crippen molar-refractivity contribution in [3.05, 3.63) is 147 Å². The van der Waals surface area contributed by atoms with Gasteiger partial charge in [0.15, 0.2) is 21.2 Å². The molecule has 3 aliphatic rings. The van der Waals surface area contributed by atoms with E-state index in [1.54, 1.807) is 63.8 Å². The fourth-order valence-electron chi connectivity index (χ4n) is 10.6. The number of nitrogens with zero attached hydrogens (tertiary/aromatic N) is 10. The molecule has 0 radical (unpaired) electrons. The number of hydrogen-bond donors (Lipinski definition) is 0. The van der Waals surface area contributed by atoms with Crippen LogP contribution in [0.2, 0.25) is 5.02 Å². The molecule has 15 nitrogen and oxygen atoms in total. The fourth-order valence-corrected chi connectivity index (χ4v) is 11.6. The Hall–Kier alpha value is -8.33. The Labute approximate surface area is 520 Å². The first-order valence-corrected chi connectivity index (χ1v) is 30.2. The molecule has 7 aromatic rings. The van der Waals surface area contributed by atoms with E-state index in [0.717, 1.165) is 30.6 Å². The lowest BCUT2D eigenvalue weighted by molar-refractivity contribution is -0.148. The summed E-state index contributed by atoms with van der Waals surface area (Å²) in [6.07, 6.45) is 19.7. The lowest BCUT2D eigenvalue weighted by Gasteiger charge is -2.22. The third-order valence-corrected chi connectivity index (χ3v) is 15.8. The van der Waals surface area contributed by atoms with Crippen molar-refractivity contribution in [3.63, 3.8) is 0 Å². The van der Waals surface area contributed by atoms with Gasteiger partial charge < -0.3 is 13.9 Å². The van der Waals surface area contributed by atoms with Gasteiger partial charge in [0.25, 0.3) is 12.3 Å². The third kappa shape index (κ3) is 16.9. The van der Waals surface area contributed by atoms with E-state index in [-0.39, 0.29) is 57.6 Å². The Kier molecular flexibility index (Phi) is 21.5. The summed E-state index contributed by atoms with van der Waals surface area (Å²) in [6, 6.07) is 9.45. The monoisotopic (exact) mass is 1270 g/mol. The quantitative estimate of drug-likeness (QED) is 0.0579. The number of carbonyl (C=O) groups excluding carboxylic acids is 2. The van der Waals surface area contributed by atoms with E-state index in [1.165, 1.54) is 17.3 Å². The van der Waals surface area contributed by atoms with Gasteiger partial charge in [-0.25, -0.2) is 40.9 Å². The summed E-state index contributed by atoms with van der Waals surface area (Å²) in [6.45, 7) is 17.4. The summed E-state index contributed by atoms with van der Waals surface area (Å²) in [5.41, 5.74) is -0.218. The van der Waals surface area contributed by atoms with Gasteiger partial charge in [-0.1, -0.05) is 41.5 Å². The summed E-state index contributed by atoms with van der Waals surface area (Å²) < 4.78 is 140. The zero-order valence-electron chi connectivity index (χ0n) is 52.4. The second-order valence-corrected chi connectivity index (χ2v) is 25.6. The van der Waals surface area contributed by atoms with Gasteiger partial charge in [-0.3, -0.25) is 28.3 Å². The summed E-state index contributed by atoms with van der Waals surface area (Å²) in [4.78, 5) is 41.8. The summed E-state index contributed by atoms with van der Waals surface area (Å²) in [7, 11) is -2.97. The number of benzene rings is 2. The van der Waals surface area contributed by atoms with E-state index < -0.39 is 106 Å². The molecule has 5 aromatic heterocycles. The molecule has 6 heterocycles. The highest BCUT2D eigenvalue weighted by molar-refractivity contribution is 7.89. The van der Waals surface area contributed by atoms with Crippen molar-refractivity contribution < 1.29 is 54.8 Å². The van der Waals surface area contributed by atoms with Crippen molar-refractivity contribution in [1.29, 1.82) is 0 Å². The lowest BCUT2D eigenvalue weighted by Crippen LogP contribution is -2.24. The second kappa shape index (κ2) is 28.0. The molecule has 89 heavy (non-hydrogen) atoms. The standard InChI is InChI=1S/C43H38ClF6N7O3S.C9H12N2.C7H10O2.C5H7N.CH3F/c1-22-51-12-13-56(22)42(2,3)11-10-27-6-7-29(30-8-9-33(44)36-34(21-61(5,59)60)53-55(4)39(30)36)37(52-27)24(14-23-15-25(45)18-26(46)16-23)17-28(58)20-57-40-35(38(54-57)41(47)48)31-19-32(31)43(40,49)50;1-5-9(3,4)11-7-6-10-8(11)2;1-5-7(3,4)9-6(2)8;1-5-3-2-4-6-5;1-2/h6-9,12-13,15-16,18,24,31-32,41H,14,17,19-21H2,1-5H3;1,6-7H,2-4H3;1H,2-4H3;2,4H,3H2,1H3;1H3/t24-,31+,32-;;;;/m1..../s1/i;;;;1D. The molecule has 0 unspecified atom stereocenters. The zero-order chi connectivity index (χ0) is 67.0. The van der Waals surface area contributed by atoms with Crippen LogP contribution >= 0.6 is 11.6 Å². The number of pyridine rings is 1. The smallest absolute Gasteiger partial charge is 0.304 e.